The Bertz CT molecular complexity index is 1090. The highest BCUT2D eigenvalue weighted by Crippen LogP contribution is 2.43. The monoisotopic (exact) mass is 434 g/mol. The lowest BCUT2D eigenvalue weighted by atomic mass is 10.1. The molecule has 0 saturated carbocycles. The maximum Gasteiger partial charge on any atom is 0.247 e. The van der Waals surface area contributed by atoms with Gasteiger partial charge in [0.15, 0.2) is 5.69 Å². The number of fused-ring (bicyclic) bond motifs is 3. The van der Waals surface area contributed by atoms with E-state index >= 15 is 0 Å². The number of thioether (sulfide) groups is 1. The van der Waals surface area contributed by atoms with Gasteiger partial charge in [-0.15, -0.1) is 10.2 Å². The number of ether oxygens (including phenoxy) is 1. The van der Waals surface area contributed by atoms with Gasteiger partial charge >= 0.3 is 0 Å². The number of anilines is 1. The number of rotatable bonds is 5. The summed E-state index contributed by atoms with van der Waals surface area (Å²) in [5.74, 6) is 1.75. The van der Waals surface area contributed by atoms with Crippen LogP contribution in [0.1, 0.15) is 44.5 Å². The molecule has 0 saturated heterocycles. The number of aromatic nitrogens is 3. The summed E-state index contributed by atoms with van der Waals surface area (Å²) in [6.45, 7) is 8.19. The number of benzene rings is 2. The number of carbonyl (C=O) groups is 1. The molecule has 2 heterocycles. The molecule has 0 N–H and O–H groups in total. The van der Waals surface area contributed by atoms with Gasteiger partial charge in [-0.05, 0) is 18.9 Å². The van der Waals surface area contributed by atoms with Crippen LogP contribution in [0.4, 0.5) is 5.69 Å². The molecule has 4 rings (SSSR count). The Hall–Kier alpha value is -2.93. The molecule has 0 radical (unpaired) electrons. The van der Waals surface area contributed by atoms with Gasteiger partial charge in [0, 0.05) is 23.3 Å². The first-order valence-corrected chi connectivity index (χ1v) is 11.5. The molecule has 1 amide bonds. The zero-order valence-corrected chi connectivity index (χ0v) is 19.0. The van der Waals surface area contributed by atoms with Crippen LogP contribution in [0, 0.1) is 12.8 Å². The smallest absolute Gasteiger partial charge is 0.247 e. The molecule has 31 heavy (non-hydrogen) atoms. The Morgan fingerprint density at radius 1 is 1.13 bits per heavy atom. The van der Waals surface area contributed by atoms with E-state index in [0.29, 0.717) is 29.1 Å². The molecule has 0 spiro atoms. The molecule has 0 unspecified atom stereocenters. The fourth-order valence-electron chi connectivity index (χ4n) is 3.40. The van der Waals surface area contributed by atoms with Crippen LogP contribution in [0.15, 0.2) is 53.7 Å². The maximum atomic E-state index is 13.1. The maximum absolute atomic E-state index is 13.1. The lowest BCUT2D eigenvalue weighted by Gasteiger charge is -2.30. The van der Waals surface area contributed by atoms with Crippen molar-refractivity contribution in [3.8, 4) is 17.1 Å². The van der Waals surface area contributed by atoms with Crippen molar-refractivity contribution >= 4 is 23.4 Å². The van der Waals surface area contributed by atoms with Crippen LogP contribution in [-0.4, -0.2) is 26.8 Å². The molecule has 0 fully saturated rings. The molecular weight excluding hydrogens is 408 g/mol. The normalized spacial score (nSPS) is 15.1. The third-order valence-electron chi connectivity index (χ3n) is 4.99. The summed E-state index contributed by atoms with van der Waals surface area (Å²) in [5.41, 5.74) is 4.10. The third-order valence-corrected chi connectivity index (χ3v) is 6.26. The number of hydrogen-bond acceptors (Lipinski definition) is 6. The SMILES string of the molecule is CCC(=O)N1c2ccccc2-c2nnc(SCC(C)C)nc2O[C@H]1c1ccc(C)cc1. The number of carbonyl (C=O) groups excluding carboxylic acids is 1. The van der Waals surface area contributed by atoms with E-state index in [-0.39, 0.29) is 5.91 Å². The Balaban J connectivity index is 1.87. The number of amides is 1. The van der Waals surface area contributed by atoms with E-state index < -0.39 is 6.23 Å². The second-order valence-electron chi connectivity index (χ2n) is 7.97. The summed E-state index contributed by atoms with van der Waals surface area (Å²) in [6.07, 6.45) is -0.291. The number of aryl methyl sites for hydroxylation is 1. The van der Waals surface area contributed by atoms with Crippen molar-refractivity contribution < 1.29 is 9.53 Å². The summed E-state index contributed by atoms with van der Waals surface area (Å²) < 4.78 is 6.43. The van der Waals surface area contributed by atoms with Crippen molar-refractivity contribution in [1.29, 1.82) is 0 Å². The molecule has 160 valence electrons. The highest BCUT2D eigenvalue weighted by atomic mass is 32.2. The van der Waals surface area contributed by atoms with E-state index in [2.05, 4.69) is 29.0 Å². The van der Waals surface area contributed by atoms with Crippen LogP contribution in [0.2, 0.25) is 0 Å². The summed E-state index contributed by atoms with van der Waals surface area (Å²) in [4.78, 5) is 19.5. The number of hydrogen-bond donors (Lipinski definition) is 0. The quantitative estimate of drug-likeness (QED) is 0.499. The van der Waals surface area contributed by atoms with Crippen LogP contribution in [0.25, 0.3) is 11.3 Å². The largest absolute Gasteiger partial charge is 0.447 e. The van der Waals surface area contributed by atoms with Crippen LogP contribution in [0.3, 0.4) is 0 Å². The second kappa shape index (κ2) is 9.06. The van der Waals surface area contributed by atoms with Gasteiger partial charge in [0.1, 0.15) is 0 Å². The Kier molecular flexibility index (Phi) is 6.23. The van der Waals surface area contributed by atoms with E-state index in [1.165, 1.54) is 0 Å². The second-order valence-corrected chi connectivity index (χ2v) is 8.96. The van der Waals surface area contributed by atoms with Gasteiger partial charge in [-0.25, -0.2) is 0 Å². The van der Waals surface area contributed by atoms with Gasteiger partial charge in [-0.3, -0.25) is 9.69 Å². The molecule has 2 aromatic carbocycles. The molecular formula is C24H26N4O2S. The zero-order valence-electron chi connectivity index (χ0n) is 18.2. The Labute approximate surface area is 187 Å². The van der Waals surface area contributed by atoms with Crippen LogP contribution >= 0.6 is 11.8 Å². The van der Waals surface area contributed by atoms with Crippen LogP contribution in [-0.2, 0) is 4.79 Å². The van der Waals surface area contributed by atoms with Crippen molar-refractivity contribution in [3.05, 3.63) is 59.7 Å². The fourth-order valence-corrected chi connectivity index (χ4v) is 4.13. The standard InChI is InChI=1S/C24H26N4O2S/c1-5-20(29)28-19-9-7-6-8-18(19)21-22(25-24(27-26-21)31-14-15(2)3)30-23(28)17-12-10-16(4)11-13-17/h6-13,15,23H,5,14H2,1-4H3/t23-/m0/s1. The molecule has 1 aliphatic heterocycles. The highest BCUT2D eigenvalue weighted by molar-refractivity contribution is 7.99. The topological polar surface area (TPSA) is 68.2 Å². The van der Waals surface area contributed by atoms with Crippen LogP contribution in [0.5, 0.6) is 5.88 Å². The molecule has 3 aromatic rings. The summed E-state index contributed by atoms with van der Waals surface area (Å²) in [7, 11) is 0. The van der Waals surface area contributed by atoms with E-state index in [1.54, 1.807) is 16.7 Å². The van der Waals surface area contributed by atoms with Gasteiger partial charge in [-0.1, -0.05) is 80.6 Å². The molecule has 0 bridgehead atoms. The molecule has 1 atom stereocenters. The van der Waals surface area contributed by atoms with E-state index in [1.807, 2.05) is 62.4 Å². The molecule has 6 nitrogen and oxygen atoms in total. The van der Waals surface area contributed by atoms with Crippen LogP contribution < -0.4 is 9.64 Å². The first-order chi connectivity index (χ1) is 15.0. The minimum Gasteiger partial charge on any atom is -0.447 e. The summed E-state index contributed by atoms with van der Waals surface area (Å²) in [5, 5.41) is 9.36. The Morgan fingerprint density at radius 3 is 2.58 bits per heavy atom. The number of para-hydroxylation sites is 1. The predicted molar refractivity (Wildman–Crippen MR) is 123 cm³/mol. The summed E-state index contributed by atoms with van der Waals surface area (Å²) >= 11 is 1.55. The van der Waals surface area contributed by atoms with E-state index in [0.717, 1.165) is 28.1 Å². The molecule has 1 aromatic heterocycles. The van der Waals surface area contributed by atoms with E-state index in [9.17, 15) is 4.79 Å². The number of nitrogens with zero attached hydrogens (tertiary/aromatic N) is 4. The lowest BCUT2D eigenvalue weighted by molar-refractivity contribution is -0.120. The highest BCUT2D eigenvalue weighted by Gasteiger charge is 2.35. The first-order valence-electron chi connectivity index (χ1n) is 10.5. The fraction of sp³-hybridized carbons (Fsp3) is 0.333. The average molecular weight is 435 g/mol. The van der Waals surface area contributed by atoms with Crippen molar-refractivity contribution in [2.24, 2.45) is 5.92 Å². The van der Waals surface area contributed by atoms with Crippen molar-refractivity contribution in [2.75, 3.05) is 10.7 Å². The molecule has 7 heteroatoms. The zero-order chi connectivity index (χ0) is 22.0. The summed E-state index contributed by atoms with van der Waals surface area (Å²) in [6, 6.07) is 15.7. The van der Waals surface area contributed by atoms with Gasteiger partial charge < -0.3 is 4.74 Å². The van der Waals surface area contributed by atoms with Gasteiger partial charge in [-0.2, -0.15) is 4.98 Å². The third kappa shape index (κ3) is 4.42. The minimum atomic E-state index is -0.643. The first kappa shape index (κ1) is 21.3. The van der Waals surface area contributed by atoms with Crippen molar-refractivity contribution in [2.45, 2.75) is 45.5 Å². The van der Waals surface area contributed by atoms with Gasteiger partial charge in [0.05, 0.1) is 5.69 Å². The van der Waals surface area contributed by atoms with E-state index in [4.69, 9.17) is 4.74 Å². The van der Waals surface area contributed by atoms with Crippen molar-refractivity contribution in [3.63, 3.8) is 0 Å². The van der Waals surface area contributed by atoms with Crippen molar-refractivity contribution in [1.82, 2.24) is 15.2 Å². The predicted octanol–water partition coefficient (Wildman–Crippen LogP) is 5.43. The Morgan fingerprint density at radius 2 is 1.87 bits per heavy atom. The lowest BCUT2D eigenvalue weighted by Crippen LogP contribution is -2.37. The van der Waals surface area contributed by atoms with Gasteiger partial charge in [0.25, 0.3) is 0 Å². The van der Waals surface area contributed by atoms with Gasteiger partial charge in [0.2, 0.25) is 23.2 Å². The molecule has 0 aliphatic carbocycles. The minimum absolute atomic E-state index is 0.0341. The molecule has 1 aliphatic rings. The average Bonchev–Trinajstić information content (AvgIpc) is 2.92.